The first-order valence-electron chi connectivity index (χ1n) is 15.3. The van der Waals surface area contributed by atoms with Gasteiger partial charge < -0.3 is 23.4 Å². The Balaban J connectivity index is 1.22. The van der Waals surface area contributed by atoms with E-state index in [1.807, 2.05) is 12.1 Å². The average Bonchev–Trinajstić information content (AvgIpc) is 3.23. The van der Waals surface area contributed by atoms with Gasteiger partial charge in [0.2, 0.25) is 5.91 Å². The fourth-order valence-corrected chi connectivity index (χ4v) is 7.27. The molecule has 248 valence electrons. The maximum absolute atomic E-state index is 13.2. The van der Waals surface area contributed by atoms with Crippen LogP contribution in [0.25, 0.3) is 11.0 Å². The number of nitro groups is 1. The number of ether oxygens (including phenoxy) is 2. The van der Waals surface area contributed by atoms with Crippen LogP contribution in [0, 0.1) is 21.4 Å². The van der Waals surface area contributed by atoms with Crippen molar-refractivity contribution in [2.24, 2.45) is 11.3 Å². The highest BCUT2D eigenvalue weighted by atomic mass is 28.2. The summed E-state index contributed by atoms with van der Waals surface area (Å²) in [5, 5.41) is 23.4. The molecule has 12 nitrogen and oxygen atoms in total. The highest BCUT2D eigenvalue weighted by molar-refractivity contribution is 6.27. The lowest BCUT2D eigenvalue weighted by molar-refractivity contribution is -0.561. The van der Waals surface area contributed by atoms with E-state index in [4.69, 9.17) is 18.3 Å². The fraction of sp³-hybridized carbons (Fsp3) is 0.382. The van der Waals surface area contributed by atoms with Gasteiger partial charge in [0.05, 0.1) is 17.6 Å². The Morgan fingerprint density at radius 2 is 1.81 bits per heavy atom. The van der Waals surface area contributed by atoms with Crippen LogP contribution in [-0.4, -0.2) is 60.9 Å². The van der Waals surface area contributed by atoms with Gasteiger partial charge in [-0.15, -0.1) is 0 Å². The van der Waals surface area contributed by atoms with Crippen molar-refractivity contribution in [1.82, 2.24) is 4.90 Å². The van der Waals surface area contributed by atoms with Crippen LogP contribution >= 0.6 is 0 Å². The molecule has 5 rings (SSSR count). The highest BCUT2D eigenvalue weighted by Gasteiger charge is 2.72. The molecule has 1 N–H and O–H groups in total. The molecular formula is C34H38N2O10Si. The van der Waals surface area contributed by atoms with E-state index >= 15 is 0 Å². The third-order valence-electron chi connectivity index (χ3n) is 8.63. The third-order valence-corrected chi connectivity index (χ3v) is 11.1. The summed E-state index contributed by atoms with van der Waals surface area (Å²) in [6.07, 6.45) is 2.32. The van der Waals surface area contributed by atoms with E-state index in [2.05, 4.69) is 20.8 Å². The molecule has 0 spiro atoms. The van der Waals surface area contributed by atoms with Crippen molar-refractivity contribution < 1.29 is 37.9 Å². The number of carboxylic acids is 1. The Bertz CT molecular complexity index is 1810. The van der Waals surface area contributed by atoms with Gasteiger partial charge in [-0.3, -0.25) is 19.8 Å². The first-order valence-corrected chi connectivity index (χ1v) is 16.9. The molecule has 0 unspecified atom stereocenters. The predicted molar refractivity (Wildman–Crippen MR) is 175 cm³/mol. The second kappa shape index (κ2) is 13.2. The smallest absolute Gasteiger partial charge is 0.353 e. The molecule has 1 aromatic heterocycles. The van der Waals surface area contributed by atoms with E-state index in [9.17, 15) is 29.6 Å². The molecule has 0 bridgehead atoms. The second-order valence-electron chi connectivity index (χ2n) is 13.1. The van der Waals surface area contributed by atoms with Crippen molar-refractivity contribution in [2.75, 3.05) is 6.61 Å². The molecule has 3 heterocycles. The summed E-state index contributed by atoms with van der Waals surface area (Å²) in [5.41, 5.74) is -1.37. The first kappa shape index (κ1) is 33.6. The Labute approximate surface area is 273 Å². The number of fused-ring (bicyclic) bond motifs is 2. The topological polar surface area (TPSA) is 159 Å². The number of carbonyl (C=O) groups excluding carboxylic acids is 1. The highest BCUT2D eigenvalue weighted by Crippen LogP contribution is 2.51. The van der Waals surface area contributed by atoms with Gasteiger partial charge in [-0.05, 0) is 60.4 Å². The molecular weight excluding hydrogens is 624 g/mol. The quantitative estimate of drug-likeness (QED) is 0.0910. The summed E-state index contributed by atoms with van der Waals surface area (Å²) in [6, 6.07) is 15.3. The van der Waals surface area contributed by atoms with Crippen molar-refractivity contribution in [3.8, 4) is 11.5 Å². The van der Waals surface area contributed by atoms with Gasteiger partial charge in [-0.1, -0.05) is 39.0 Å². The van der Waals surface area contributed by atoms with Crippen molar-refractivity contribution in [2.45, 2.75) is 65.0 Å². The number of hydrogen-bond acceptors (Lipinski definition) is 9. The molecule has 0 aliphatic carbocycles. The standard InChI is InChI=1S/C34H38N2O10Si/c1-20(46-47-19-33(2,3)4)28-30-34(5,36(41)42)25(29(32(39)40)35(30)31(28)38)7-6-16-43-23-12-8-21(9-13-23)18-44-24-14-10-22-11-15-27(37)45-26(22)17-24/h6-15,17,20,28,30H,16,18-19,47H2,1-5H3,(H,39,40)/b7-6+/t20-,28-,30-,34+/m1/s1. The minimum atomic E-state index is -1.84. The van der Waals surface area contributed by atoms with Gasteiger partial charge in [0.25, 0.3) is 5.54 Å². The molecule has 1 fully saturated rings. The summed E-state index contributed by atoms with van der Waals surface area (Å²) in [6.45, 7) is 9.66. The predicted octanol–water partition coefficient (Wildman–Crippen LogP) is 4.48. The van der Waals surface area contributed by atoms with E-state index in [0.717, 1.165) is 21.9 Å². The van der Waals surface area contributed by atoms with Crippen molar-refractivity contribution in [3.05, 3.63) is 104 Å². The number of amides is 1. The first-order chi connectivity index (χ1) is 22.2. The Hall–Kier alpha value is -4.75. The van der Waals surface area contributed by atoms with E-state index in [1.165, 1.54) is 25.1 Å². The minimum Gasteiger partial charge on any atom is -0.490 e. The lowest BCUT2D eigenvalue weighted by atomic mass is 9.73. The van der Waals surface area contributed by atoms with E-state index in [-0.39, 0.29) is 29.9 Å². The Morgan fingerprint density at radius 3 is 2.47 bits per heavy atom. The molecule has 2 aliphatic heterocycles. The van der Waals surface area contributed by atoms with Crippen LogP contribution in [0.2, 0.25) is 6.04 Å². The van der Waals surface area contributed by atoms with E-state index < -0.39 is 55.8 Å². The number of nitrogens with zero attached hydrogens (tertiary/aromatic N) is 2. The van der Waals surface area contributed by atoms with Crippen LogP contribution in [0.3, 0.4) is 0 Å². The van der Waals surface area contributed by atoms with Crippen LogP contribution in [0.4, 0.5) is 0 Å². The number of carboxylic acid groups (broad SMARTS) is 1. The van der Waals surface area contributed by atoms with Crippen LogP contribution < -0.4 is 15.1 Å². The lowest BCUT2D eigenvalue weighted by Gasteiger charge is -2.48. The average molecular weight is 663 g/mol. The van der Waals surface area contributed by atoms with Crippen LogP contribution in [0.5, 0.6) is 11.5 Å². The molecule has 2 aromatic carbocycles. The van der Waals surface area contributed by atoms with Gasteiger partial charge in [-0.25, -0.2) is 9.59 Å². The number of benzene rings is 2. The van der Waals surface area contributed by atoms with Gasteiger partial charge in [-0.2, -0.15) is 0 Å². The van der Waals surface area contributed by atoms with Gasteiger partial charge >= 0.3 is 11.6 Å². The molecule has 13 heteroatoms. The molecule has 1 amide bonds. The number of carbonyl (C=O) groups is 2. The van der Waals surface area contributed by atoms with Crippen LogP contribution in [-0.2, 0) is 20.6 Å². The van der Waals surface area contributed by atoms with E-state index in [0.29, 0.717) is 17.1 Å². The number of hydrogen-bond donors (Lipinski definition) is 1. The summed E-state index contributed by atoms with van der Waals surface area (Å²) in [4.78, 5) is 50.1. The molecule has 2 aliphatic rings. The summed E-state index contributed by atoms with van der Waals surface area (Å²) >= 11 is 0. The largest absolute Gasteiger partial charge is 0.490 e. The van der Waals surface area contributed by atoms with Crippen molar-refractivity contribution in [3.63, 3.8) is 0 Å². The van der Waals surface area contributed by atoms with Crippen molar-refractivity contribution in [1.29, 1.82) is 0 Å². The third kappa shape index (κ3) is 6.86. The Morgan fingerprint density at radius 1 is 1.13 bits per heavy atom. The lowest BCUT2D eigenvalue weighted by Crippen LogP contribution is -2.70. The number of aliphatic carboxylic acids is 1. The summed E-state index contributed by atoms with van der Waals surface area (Å²) in [7, 11) is -0.995. The van der Waals surface area contributed by atoms with Crippen molar-refractivity contribution >= 4 is 32.6 Å². The summed E-state index contributed by atoms with van der Waals surface area (Å²) in [5.74, 6) is -1.64. The van der Waals surface area contributed by atoms with Gasteiger partial charge in [0.15, 0.2) is 9.76 Å². The maximum Gasteiger partial charge on any atom is 0.353 e. The van der Waals surface area contributed by atoms with Gasteiger partial charge in [0, 0.05) is 29.4 Å². The fourth-order valence-electron chi connectivity index (χ4n) is 5.96. The zero-order chi connectivity index (χ0) is 34.1. The monoisotopic (exact) mass is 662 g/mol. The number of rotatable bonds is 13. The normalized spacial score (nSPS) is 21.8. The summed E-state index contributed by atoms with van der Waals surface area (Å²) < 4.78 is 22.9. The zero-order valence-corrected chi connectivity index (χ0v) is 28.3. The SMILES string of the molecule is C[C@@H](O[SiH2]CC(C)(C)C)[C@H]1C(=O)N2C(C(=O)O)=C(/C=C/COc3ccc(COc4ccc5ccc(=O)oc5c4)cc3)[C@](C)([N+](=O)[O-])[C@@H]12. The molecule has 4 atom stereocenters. The molecule has 3 aromatic rings. The number of β-lactam (4-membered cyclic amide) rings is 1. The Kier molecular flexibility index (Phi) is 9.41. The zero-order valence-electron chi connectivity index (χ0n) is 26.9. The molecule has 0 radical (unpaired) electrons. The maximum atomic E-state index is 13.2. The minimum absolute atomic E-state index is 0.00227. The molecule has 1 saturated heterocycles. The van der Waals surface area contributed by atoms with Gasteiger partial charge in [0.1, 0.15) is 42.0 Å². The second-order valence-corrected chi connectivity index (χ2v) is 14.4. The van der Waals surface area contributed by atoms with E-state index in [1.54, 1.807) is 43.3 Å². The van der Waals surface area contributed by atoms with Crippen LogP contribution in [0.15, 0.2) is 87.2 Å². The molecule has 0 saturated carbocycles. The van der Waals surface area contributed by atoms with Crippen LogP contribution in [0.1, 0.15) is 40.2 Å². The molecule has 47 heavy (non-hydrogen) atoms.